The smallest absolute Gasteiger partial charge is 0.243 e. The van der Waals surface area contributed by atoms with E-state index in [2.05, 4.69) is 29.6 Å². The van der Waals surface area contributed by atoms with E-state index < -0.39 is 0 Å². The summed E-state index contributed by atoms with van der Waals surface area (Å²) in [6.07, 6.45) is 10.0. The number of carbonyl (C=O) groups excluding carboxylic acids is 1. The van der Waals surface area contributed by atoms with Gasteiger partial charge in [0.25, 0.3) is 0 Å². The van der Waals surface area contributed by atoms with Crippen LogP contribution in [0.5, 0.6) is 0 Å². The lowest BCUT2D eigenvalue weighted by molar-refractivity contribution is -0.125. The predicted octanol–water partition coefficient (Wildman–Crippen LogP) is 4.67. The lowest BCUT2D eigenvalue weighted by atomic mass is 9.89. The predicted molar refractivity (Wildman–Crippen MR) is 91.8 cm³/mol. The number of amides is 1. The van der Waals surface area contributed by atoms with Crippen LogP contribution in [0.1, 0.15) is 70.3 Å². The number of unbranched alkanes of at least 4 members (excludes halogenated alkanes) is 2. The fourth-order valence-corrected chi connectivity index (χ4v) is 3.02. The number of carbonyl (C=O) groups is 1. The third-order valence-electron chi connectivity index (χ3n) is 4.40. The number of benzene rings is 1. The minimum absolute atomic E-state index is 0.101. The first-order chi connectivity index (χ1) is 10.8. The normalized spacial score (nSPS) is 16.5. The molecule has 1 aliphatic carbocycles. The highest BCUT2D eigenvalue weighted by molar-refractivity contribution is 6.01. The molecule has 22 heavy (non-hydrogen) atoms. The van der Waals surface area contributed by atoms with Crippen molar-refractivity contribution in [2.45, 2.75) is 64.7 Å². The maximum Gasteiger partial charge on any atom is 0.243 e. The Hall–Kier alpha value is -1.64. The van der Waals surface area contributed by atoms with Gasteiger partial charge in [0.1, 0.15) is 0 Å². The summed E-state index contributed by atoms with van der Waals surface area (Å²) >= 11 is 0. The summed E-state index contributed by atoms with van der Waals surface area (Å²) in [7, 11) is 0. The van der Waals surface area contributed by atoms with E-state index >= 15 is 0 Å². The largest absolute Gasteiger partial charge is 0.273 e. The zero-order valence-corrected chi connectivity index (χ0v) is 13.7. The van der Waals surface area contributed by atoms with E-state index in [4.69, 9.17) is 0 Å². The van der Waals surface area contributed by atoms with Crippen molar-refractivity contribution in [1.29, 1.82) is 0 Å². The Kier molecular flexibility index (Phi) is 7.14. The third kappa shape index (κ3) is 5.28. The topological polar surface area (TPSA) is 41.5 Å². The first kappa shape index (κ1) is 16.7. The van der Waals surface area contributed by atoms with Crippen molar-refractivity contribution < 1.29 is 4.79 Å². The Balaban J connectivity index is 1.98. The van der Waals surface area contributed by atoms with E-state index in [1.807, 2.05) is 18.2 Å². The Morgan fingerprint density at radius 1 is 1.14 bits per heavy atom. The van der Waals surface area contributed by atoms with Gasteiger partial charge in [-0.15, -0.1) is 0 Å². The second-order valence-electron chi connectivity index (χ2n) is 6.19. The summed E-state index contributed by atoms with van der Waals surface area (Å²) in [6, 6.07) is 10.2. The van der Waals surface area contributed by atoms with Crippen LogP contribution >= 0.6 is 0 Å². The lowest BCUT2D eigenvalue weighted by Gasteiger charge is -2.19. The molecule has 0 saturated heterocycles. The molecule has 1 aliphatic rings. The Bertz CT molecular complexity index is 475. The van der Waals surface area contributed by atoms with Gasteiger partial charge in [-0.1, -0.05) is 69.4 Å². The molecule has 0 bridgehead atoms. The van der Waals surface area contributed by atoms with Gasteiger partial charge in [0.2, 0.25) is 5.91 Å². The maximum atomic E-state index is 12.2. The molecular weight excluding hydrogens is 272 g/mol. The van der Waals surface area contributed by atoms with Crippen molar-refractivity contribution in [3.05, 3.63) is 35.9 Å². The van der Waals surface area contributed by atoms with Gasteiger partial charge in [-0.05, 0) is 31.2 Å². The van der Waals surface area contributed by atoms with E-state index in [1.165, 1.54) is 32.1 Å². The van der Waals surface area contributed by atoms with Gasteiger partial charge < -0.3 is 0 Å². The van der Waals surface area contributed by atoms with Crippen LogP contribution in [0.25, 0.3) is 0 Å². The van der Waals surface area contributed by atoms with Crippen molar-refractivity contribution >= 4 is 11.6 Å². The summed E-state index contributed by atoms with van der Waals surface area (Å²) in [4.78, 5) is 12.2. The van der Waals surface area contributed by atoms with Gasteiger partial charge in [0.15, 0.2) is 0 Å². The maximum absolute atomic E-state index is 12.2. The SMILES string of the molecule is CCCCC/C(=N\NC(=O)C1CCCCC1)c1ccccc1. The molecule has 1 aromatic carbocycles. The molecule has 0 aliphatic heterocycles. The van der Waals surface area contributed by atoms with Crippen LogP contribution in [0, 0.1) is 5.92 Å². The lowest BCUT2D eigenvalue weighted by Crippen LogP contribution is -2.29. The highest BCUT2D eigenvalue weighted by atomic mass is 16.2. The summed E-state index contributed by atoms with van der Waals surface area (Å²) in [5.74, 6) is 0.258. The monoisotopic (exact) mass is 300 g/mol. The van der Waals surface area contributed by atoms with E-state index in [1.54, 1.807) is 0 Å². The van der Waals surface area contributed by atoms with Crippen molar-refractivity contribution in [3.63, 3.8) is 0 Å². The summed E-state index contributed by atoms with van der Waals surface area (Å²) in [6.45, 7) is 2.20. The van der Waals surface area contributed by atoms with Crippen molar-refractivity contribution in [1.82, 2.24) is 5.43 Å². The second kappa shape index (κ2) is 9.39. The number of hydrogen-bond acceptors (Lipinski definition) is 2. The molecule has 3 heteroatoms. The number of nitrogens with zero attached hydrogens (tertiary/aromatic N) is 1. The molecule has 2 rings (SSSR count). The molecule has 0 radical (unpaired) electrons. The zero-order valence-electron chi connectivity index (χ0n) is 13.7. The third-order valence-corrected chi connectivity index (χ3v) is 4.40. The van der Waals surface area contributed by atoms with E-state index in [9.17, 15) is 4.79 Å². The Labute approximate surface area is 134 Å². The first-order valence-corrected chi connectivity index (χ1v) is 8.73. The van der Waals surface area contributed by atoms with Gasteiger partial charge in [-0.3, -0.25) is 4.79 Å². The second-order valence-corrected chi connectivity index (χ2v) is 6.19. The number of rotatable bonds is 7. The minimum atomic E-state index is 0.101. The molecule has 1 aromatic rings. The summed E-state index contributed by atoms with van der Waals surface area (Å²) in [5.41, 5.74) is 4.94. The highest BCUT2D eigenvalue weighted by Gasteiger charge is 2.20. The van der Waals surface area contributed by atoms with Gasteiger partial charge in [0.05, 0.1) is 5.71 Å². The van der Waals surface area contributed by atoms with Crippen LogP contribution in [-0.4, -0.2) is 11.6 Å². The van der Waals surface area contributed by atoms with Crippen molar-refractivity contribution in [3.8, 4) is 0 Å². The minimum Gasteiger partial charge on any atom is -0.273 e. The molecule has 0 unspecified atom stereocenters. The molecule has 0 atom stereocenters. The first-order valence-electron chi connectivity index (χ1n) is 8.73. The van der Waals surface area contributed by atoms with Crippen molar-refractivity contribution in [2.75, 3.05) is 0 Å². The van der Waals surface area contributed by atoms with Crippen LogP contribution in [0.4, 0.5) is 0 Å². The van der Waals surface area contributed by atoms with Crippen LogP contribution in [-0.2, 0) is 4.79 Å². The van der Waals surface area contributed by atoms with E-state index in [0.717, 1.165) is 37.0 Å². The molecule has 1 N–H and O–H groups in total. The molecule has 0 heterocycles. The average molecular weight is 300 g/mol. The molecule has 3 nitrogen and oxygen atoms in total. The Morgan fingerprint density at radius 2 is 1.86 bits per heavy atom. The number of nitrogens with one attached hydrogen (secondary N) is 1. The highest BCUT2D eigenvalue weighted by Crippen LogP contribution is 2.23. The van der Waals surface area contributed by atoms with Crippen LogP contribution in [0.3, 0.4) is 0 Å². The molecule has 1 fully saturated rings. The summed E-state index contributed by atoms with van der Waals surface area (Å²) in [5, 5.41) is 4.46. The number of hydrogen-bond donors (Lipinski definition) is 1. The van der Waals surface area contributed by atoms with Gasteiger partial charge in [0, 0.05) is 5.92 Å². The van der Waals surface area contributed by atoms with Gasteiger partial charge >= 0.3 is 0 Å². The van der Waals surface area contributed by atoms with Gasteiger partial charge in [-0.25, -0.2) is 5.43 Å². The number of hydrazone groups is 1. The van der Waals surface area contributed by atoms with E-state index in [-0.39, 0.29) is 11.8 Å². The van der Waals surface area contributed by atoms with Gasteiger partial charge in [-0.2, -0.15) is 5.10 Å². The van der Waals surface area contributed by atoms with Crippen LogP contribution in [0.15, 0.2) is 35.4 Å². The standard InChI is InChI=1S/C19H28N2O/c1-2-3-6-15-18(16-11-7-4-8-12-16)20-21-19(22)17-13-9-5-10-14-17/h4,7-8,11-12,17H,2-3,5-6,9-10,13-15H2,1H3,(H,21,22)/b20-18+. The molecule has 0 spiro atoms. The van der Waals surface area contributed by atoms with E-state index in [0.29, 0.717) is 0 Å². The molecule has 1 saturated carbocycles. The fraction of sp³-hybridized carbons (Fsp3) is 0.579. The molecule has 120 valence electrons. The van der Waals surface area contributed by atoms with Crippen LogP contribution in [0.2, 0.25) is 0 Å². The molecule has 0 aromatic heterocycles. The Morgan fingerprint density at radius 3 is 2.55 bits per heavy atom. The molecular formula is C19H28N2O. The fourth-order valence-electron chi connectivity index (χ4n) is 3.02. The van der Waals surface area contributed by atoms with Crippen LogP contribution < -0.4 is 5.43 Å². The van der Waals surface area contributed by atoms with Crippen molar-refractivity contribution in [2.24, 2.45) is 11.0 Å². The zero-order chi connectivity index (χ0) is 15.6. The summed E-state index contributed by atoms with van der Waals surface area (Å²) < 4.78 is 0. The average Bonchev–Trinajstić information content (AvgIpc) is 2.59. The quantitative estimate of drug-likeness (QED) is 0.444. The molecule has 1 amide bonds.